The number of carbonyl (C=O) groups is 1. The Labute approximate surface area is 136 Å². The average molecular weight is 317 g/mol. The summed E-state index contributed by atoms with van der Waals surface area (Å²) in [5.41, 5.74) is 3.13. The number of hydrogen-bond acceptors (Lipinski definition) is 2. The van der Waals surface area contributed by atoms with E-state index in [1.165, 1.54) is 5.56 Å². The molecule has 0 aromatic heterocycles. The van der Waals surface area contributed by atoms with E-state index in [4.69, 9.17) is 11.6 Å². The van der Waals surface area contributed by atoms with Gasteiger partial charge in [-0.2, -0.15) is 0 Å². The molecule has 2 aromatic carbocycles. The predicted octanol–water partition coefficient (Wildman–Crippen LogP) is 4.19. The van der Waals surface area contributed by atoms with E-state index in [1.807, 2.05) is 42.5 Å². The van der Waals surface area contributed by atoms with Gasteiger partial charge in [0.1, 0.15) is 0 Å². The molecule has 0 spiro atoms. The lowest BCUT2D eigenvalue weighted by molar-refractivity contribution is -0.119. The quantitative estimate of drug-likeness (QED) is 0.839. The van der Waals surface area contributed by atoms with Crippen molar-refractivity contribution in [2.75, 3.05) is 11.9 Å². The highest BCUT2D eigenvalue weighted by Gasteiger charge is 2.07. The summed E-state index contributed by atoms with van der Waals surface area (Å²) >= 11 is 6.07. The van der Waals surface area contributed by atoms with Gasteiger partial charge in [-0.15, -0.1) is 0 Å². The van der Waals surface area contributed by atoms with Crippen LogP contribution in [-0.2, 0) is 11.3 Å². The van der Waals surface area contributed by atoms with Gasteiger partial charge in [-0.3, -0.25) is 4.79 Å². The van der Waals surface area contributed by atoms with Crippen molar-refractivity contribution < 1.29 is 4.79 Å². The van der Waals surface area contributed by atoms with E-state index in [0.29, 0.717) is 17.5 Å². The molecule has 0 bridgehead atoms. The van der Waals surface area contributed by atoms with E-state index < -0.39 is 0 Å². The minimum absolute atomic E-state index is 0.0570. The van der Waals surface area contributed by atoms with Crippen LogP contribution >= 0.6 is 11.6 Å². The molecule has 0 radical (unpaired) electrons. The predicted molar refractivity (Wildman–Crippen MR) is 92.3 cm³/mol. The summed E-state index contributed by atoms with van der Waals surface area (Å²) in [7, 11) is 0. The largest absolute Gasteiger partial charge is 0.376 e. The molecule has 2 rings (SSSR count). The second kappa shape index (κ2) is 7.85. The Morgan fingerprint density at radius 1 is 1.09 bits per heavy atom. The zero-order valence-electron chi connectivity index (χ0n) is 12.9. The number of rotatable bonds is 6. The van der Waals surface area contributed by atoms with Gasteiger partial charge in [0.25, 0.3) is 0 Å². The summed E-state index contributed by atoms with van der Waals surface area (Å²) in [4.78, 5) is 12.0. The lowest BCUT2D eigenvalue weighted by Crippen LogP contribution is -2.29. The van der Waals surface area contributed by atoms with E-state index in [1.54, 1.807) is 0 Å². The molecule has 0 fully saturated rings. The van der Waals surface area contributed by atoms with Crippen LogP contribution in [0.2, 0.25) is 5.02 Å². The minimum Gasteiger partial charge on any atom is -0.376 e. The van der Waals surface area contributed by atoms with Gasteiger partial charge in [-0.1, -0.05) is 61.8 Å². The summed E-state index contributed by atoms with van der Waals surface area (Å²) < 4.78 is 0. The Kier molecular flexibility index (Phi) is 5.84. The topological polar surface area (TPSA) is 41.1 Å². The van der Waals surface area contributed by atoms with E-state index in [0.717, 1.165) is 11.3 Å². The van der Waals surface area contributed by atoms with Gasteiger partial charge in [-0.25, -0.2) is 0 Å². The third-order valence-corrected chi connectivity index (χ3v) is 3.82. The summed E-state index contributed by atoms with van der Waals surface area (Å²) in [6.45, 7) is 4.95. The molecule has 0 aliphatic heterocycles. The van der Waals surface area contributed by atoms with Crippen LogP contribution in [0, 0.1) is 0 Å². The molecular formula is C18H21ClN2O. The maximum Gasteiger partial charge on any atom is 0.239 e. The molecule has 0 aliphatic carbocycles. The van der Waals surface area contributed by atoms with Crippen LogP contribution in [0.15, 0.2) is 48.5 Å². The van der Waals surface area contributed by atoms with Crippen LogP contribution in [0.5, 0.6) is 0 Å². The van der Waals surface area contributed by atoms with E-state index in [9.17, 15) is 4.79 Å². The average Bonchev–Trinajstić information content (AvgIpc) is 2.52. The fraction of sp³-hybridized carbons (Fsp3) is 0.278. The molecular weight excluding hydrogens is 296 g/mol. The van der Waals surface area contributed by atoms with Crippen LogP contribution in [0.1, 0.15) is 30.9 Å². The van der Waals surface area contributed by atoms with Crippen molar-refractivity contribution in [2.24, 2.45) is 0 Å². The van der Waals surface area contributed by atoms with E-state index >= 15 is 0 Å². The van der Waals surface area contributed by atoms with Crippen LogP contribution in [0.25, 0.3) is 0 Å². The van der Waals surface area contributed by atoms with Gasteiger partial charge in [0.05, 0.1) is 6.54 Å². The molecule has 0 saturated carbocycles. The van der Waals surface area contributed by atoms with Crippen molar-refractivity contribution in [3.8, 4) is 0 Å². The van der Waals surface area contributed by atoms with E-state index in [2.05, 4.69) is 30.5 Å². The first-order valence-corrected chi connectivity index (χ1v) is 7.78. The van der Waals surface area contributed by atoms with Crippen molar-refractivity contribution in [1.29, 1.82) is 0 Å². The Balaban J connectivity index is 1.87. The number of para-hydroxylation sites is 1. The summed E-state index contributed by atoms with van der Waals surface area (Å²) in [6, 6.07) is 15.6. The molecule has 0 aliphatic rings. The zero-order valence-corrected chi connectivity index (χ0v) is 13.7. The maximum atomic E-state index is 12.0. The second-order valence-electron chi connectivity index (χ2n) is 5.46. The van der Waals surface area contributed by atoms with Crippen LogP contribution in [0.3, 0.4) is 0 Å². The molecule has 1 amide bonds. The number of benzene rings is 2. The lowest BCUT2D eigenvalue weighted by atomic mass is 10.0. The molecule has 2 N–H and O–H groups in total. The highest BCUT2D eigenvalue weighted by Crippen LogP contribution is 2.23. The first kappa shape index (κ1) is 16.4. The molecule has 0 saturated heterocycles. The number of amides is 1. The van der Waals surface area contributed by atoms with Crippen LogP contribution < -0.4 is 10.6 Å². The smallest absolute Gasteiger partial charge is 0.239 e. The summed E-state index contributed by atoms with van der Waals surface area (Å²) in [6.07, 6.45) is 0. The SMILES string of the molecule is CC(C)c1ccccc1NCC(=O)NCc1ccccc1Cl. The first-order valence-electron chi connectivity index (χ1n) is 7.41. The molecule has 22 heavy (non-hydrogen) atoms. The Morgan fingerprint density at radius 3 is 2.50 bits per heavy atom. The highest BCUT2D eigenvalue weighted by molar-refractivity contribution is 6.31. The summed E-state index contributed by atoms with van der Waals surface area (Å²) in [5, 5.41) is 6.74. The monoisotopic (exact) mass is 316 g/mol. The molecule has 3 nitrogen and oxygen atoms in total. The van der Waals surface area contributed by atoms with Gasteiger partial charge in [0.2, 0.25) is 5.91 Å². The van der Waals surface area contributed by atoms with Crippen LogP contribution in [0.4, 0.5) is 5.69 Å². The minimum atomic E-state index is -0.0570. The normalized spacial score (nSPS) is 10.5. The third-order valence-electron chi connectivity index (χ3n) is 3.46. The maximum absolute atomic E-state index is 12.0. The number of halogens is 1. The standard InChI is InChI=1S/C18H21ClN2O/c1-13(2)15-8-4-6-10-17(15)20-12-18(22)21-11-14-7-3-5-9-16(14)19/h3-10,13,20H,11-12H2,1-2H3,(H,21,22). The third kappa shape index (κ3) is 4.50. The van der Waals surface area contributed by atoms with Gasteiger partial charge < -0.3 is 10.6 Å². The van der Waals surface area contributed by atoms with Crippen molar-refractivity contribution in [1.82, 2.24) is 5.32 Å². The lowest BCUT2D eigenvalue weighted by Gasteiger charge is -2.14. The van der Waals surface area contributed by atoms with Crippen molar-refractivity contribution >= 4 is 23.2 Å². The first-order chi connectivity index (χ1) is 10.6. The molecule has 0 unspecified atom stereocenters. The summed E-state index contributed by atoms with van der Waals surface area (Å²) in [5.74, 6) is 0.355. The Morgan fingerprint density at radius 2 is 1.77 bits per heavy atom. The number of anilines is 1. The molecule has 0 atom stereocenters. The Bertz CT molecular complexity index is 640. The van der Waals surface area contributed by atoms with Crippen molar-refractivity contribution in [3.05, 3.63) is 64.7 Å². The molecule has 116 valence electrons. The fourth-order valence-corrected chi connectivity index (χ4v) is 2.44. The number of hydrogen-bond donors (Lipinski definition) is 2. The molecule has 0 heterocycles. The zero-order chi connectivity index (χ0) is 15.9. The second-order valence-corrected chi connectivity index (χ2v) is 5.87. The van der Waals surface area contributed by atoms with Crippen LogP contribution in [-0.4, -0.2) is 12.5 Å². The van der Waals surface area contributed by atoms with Gasteiger partial charge >= 0.3 is 0 Å². The fourth-order valence-electron chi connectivity index (χ4n) is 2.24. The molecule has 4 heteroatoms. The number of carbonyl (C=O) groups excluding carboxylic acids is 1. The van der Waals surface area contributed by atoms with Crippen molar-refractivity contribution in [2.45, 2.75) is 26.3 Å². The number of nitrogens with one attached hydrogen (secondary N) is 2. The Hall–Kier alpha value is -2.00. The van der Waals surface area contributed by atoms with Crippen molar-refractivity contribution in [3.63, 3.8) is 0 Å². The molecule has 2 aromatic rings. The highest BCUT2D eigenvalue weighted by atomic mass is 35.5. The van der Waals surface area contributed by atoms with Gasteiger partial charge in [-0.05, 0) is 29.2 Å². The van der Waals surface area contributed by atoms with Gasteiger partial charge in [0, 0.05) is 17.3 Å². The van der Waals surface area contributed by atoms with Gasteiger partial charge in [0.15, 0.2) is 0 Å². The van der Waals surface area contributed by atoms with E-state index in [-0.39, 0.29) is 12.5 Å².